The highest BCUT2D eigenvalue weighted by Crippen LogP contribution is 2.17. The van der Waals surface area contributed by atoms with Crippen molar-refractivity contribution in [3.05, 3.63) is 35.9 Å². The first-order valence-electron chi connectivity index (χ1n) is 18.7. The molecule has 0 fully saturated rings. The van der Waals surface area contributed by atoms with Gasteiger partial charge in [-0.15, -0.1) is 0 Å². The van der Waals surface area contributed by atoms with E-state index in [9.17, 15) is 42.6 Å². The number of ether oxygens (including phenoxy) is 1. The molecule has 7 N–H and O–H groups in total. The van der Waals surface area contributed by atoms with Crippen LogP contribution >= 0.6 is 0 Å². The van der Waals surface area contributed by atoms with Gasteiger partial charge in [0.1, 0.15) is 33.6 Å². The first-order valence-corrected chi connectivity index (χ1v) is 20.7. The lowest BCUT2D eigenvalue weighted by molar-refractivity contribution is -0.134. The molecule has 1 aromatic rings. The van der Waals surface area contributed by atoms with E-state index in [0.717, 1.165) is 11.8 Å². The second kappa shape index (κ2) is 22.6. The minimum atomic E-state index is -3.26. The van der Waals surface area contributed by atoms with Gasteiger partial charge in [0.25, 0.3) is 0 Å². The Bertz CT molecular complexity index is 1460. The average molecular weight is 784 g/mol. The number of carbonyl (C=O) groups is 5. The summed E-state index contributed by atoms with van der Waals surface area (Å²) in [6.45, 7) is 15.4. The van der Waals surface area contributed by atoms with E-state index in [1.54, 1.807) is 41.5 Å². The van der Waals surface area contributed by atoms with Gasteiger partial charge < -0.3 is 41.5 Å². The summed E-state index contributed by atoms with van der Waals surface area (Å²) in [5.74, 6) is -3.79. The fourth-order valence-electron chi connectivity index (χ4n) is 5.55. The van der Waals surface area contributed by atoms with Crippen LogP contribution in [0.25, 0.3) is 0 Å². The first kappa shape index (κ1) is 48.3. The lowest BCUT2D eigenvalue weighted by Gasteiger charge is -2.31. The maximum absolute atomic E-state index is 13.8. The van der Waals surface area contributed by atoms with Crippen LogP contribution in [0.5, 0.6) is 0 Å². The molecule has 0 aromatic heterocycles. The second-order valence-corrected chi connectivity index (χ2v) is 18.2. The van der Waals surface area contributed by atoms with E-state index >= 15 is 0 Å². The Morgan fingerprint density at radius 1 is 0.759 bits per heavy atom. The SMILES string of the molecule is CC(C)C[C@H](NC(=O)C(CCCCS(C)(=O)=O)NC(=O)[C@@H](NC(=O)OC(C)(C)C)C(C)C)[C@@H](O)C[C@@H](C)C(=O)N[C@H](C(=O)NCc1ccccc1)[C@H](C)O. The molecule has 0 aliphatic heterocycles. The van der Waals surface area contributed by atoms with Crippen LogP contribution < -0.4 is 26.6 Å². The Balaban J connectivity index is 3.13. The minimum Gasteiger partial charge on any atom is -0.444 e. The summed E-state index contributed by atoms with van der Waals surface area (Å²) in [4.78, 5) is 66.0. The van der Waals surface area contributed by atoms with Crippen LogP contribution in [0.2, 0.25) is 0 Å². The van der Waals surface area contributed by atoms with E-state index in [4.69, 9.17) is 4.74 Å². The van der Waals surface area contributed by atoms with Crippen LogP contribution in [-0.2, 0) is 40.3 Å². The number of carbonyl (C=O) groups excluding carboxylic acids is 5. The second-order valence-electron chi connectivity index (χ2n) is 15.9. The summed E-state index contributed by atoms with van der Waals surface area (Å²) >= 11 is 0. The van der Waals surface area contributed by atoms with Gasteiger partial charge in [-0.05, 0) is 77.2 Å². The number of rotatable bonds is 22. The van der Waals surface area contributed by atoms with Crippen LogP contribution in [0.1, 0.15) is 100.0 Å². The predicted molar refractivity (Wildman–Crippen MR) is 207 cm³/mol. The van der Waals surface area contributed by atoms with E-state index < -0.39 is 93.4 Å². The fraction of sp³-hybridized carbons (Fsp3) is 0.711. The first-order chi connectivity index (χ1) is 24.9. The Labute approximate surface area is 321 Å². The van der Waals surface area contributed by atoms with E-state index in [2.05, 4.69) is 26.6 Å². The molecule has 1 rings (SSSR count). The smallest absolute Gasteiger partial charge is 0.408 e. The van der Waals surface area contributed by atoms with Gasteiger partial charge in [0, 0.05) is 24.5 Å². The molecule has 0 saturated carbocycles. The number of aliphatic hydroxyl groups excluding tert-OH is 2. The molecule has 54 heavy (non-hydrogen) atoms. The number of benzene rings is 1. The molecule has 15 nitrogen and oxygen atoms in total. The van der Waals surface area contributed by atoms with Gasteiger partial charge in [0.2, 0.25) is 23.6 Å². The number of sulfone groups is 1. The number of hydrogen-bond donors (Lipinski definition) is 7. The summed E-state index contributed by atoms with van der Waals surface area (Å²) in [6, 6.07) is 4.82. The molecule has 308 valence electrons. The van der Waals surface area contributed by atoms with Crippen molar-refractivity contribution in [1.29, 1.82) is 0 Å². The molecule has 7 atom stereocenters. The summed E-state index contributed by atoms with van der Waals surface area (Å²) < 4.78 is 28.8. The maximum Gasteiger partial charge on any atom is 0.408 e. The molecular formula is C38H65N5O10S. The van der Waals surface area contributed by atoms with E-state index in [1.807, 2.05) is 44.2 Å². The normalized spacial score (nSPS) is 15.9. The quantitative estimate of drug-likeness (QED) is 0.0850. The Morgan fingerprint density at radius 2 is 1.37 bits per heavy atom. The number of nitrogens with one attached hydrogen (secondary N) is 5. The van der Waals surface area contributed by atoms with Gasteiger partial charge >= 0.3 is 6.09 Å². The lowest BCUT2D eigenvalue weighted by atomic mass is 9.91. The van der Waals surface area contributed by atoms with Gasteiger partial charge in [-0.2, -0.15) is 0 Å². The molecule has 0 aliphatic carbocycles. The van der Waals surface area contributed by atoms with Crippen LogP contribution in [0.3, 0.4) is 0 Å². The lowest BCUT2D eigenvalue weighted by Crippen LogP contribution is -2.58. The average Bonchev–Trinajstić information content (AvgIpc) is 3.04. The number of unbranched alkanes of at least 4 members (excludes halogenated alkanes) is 1. The van der Waals surface area contributed by atoms with Gasteiger partial charge in [0.15, 0.2) is 0 Å². The number of aliphatic hydroxyl groups is 2. The third kappa shape index (κ3) is 19.5. The van der Waals surface area contributed by atoms with E-state index in [-0.39, 0.29) is 43.9 Å². The van der Waals surface area contributed by atoms with Crippen LogP contribution in [0, 0.1) is 17.8 Å². The topological polar surface area (TPSA) is 229 Å². The third-order valence-corrected chi connectivity index (χ3v) is 9.47. The molecule has 0 saturated heterocycles. The summed E-state index contributed by atoms with van der Waals surface area (Å²) in [5, 5.41) is 35.1. The largest absolute Gasteiger partial charge is 0.444 e. The maximum atomic E-state index is 13.8. The molecule has 16 heteroatoms. The highest BCUT2D eigenvalue weighted by atomic mass is 32.2. The van der Waals surface area contributed by atoms with E-state index in [1.165, 1.54) is 6.92 Å². The highest BCUT2D eigenvalue weighted by Gasteiger charge is 2.34. The minimum absolute atomic E-state index is 0.00633. The third-order valence-electron chi connectivity index (χ3n) is 8.44. The number of hydrogen-bond acceptors (Lipinski definition) is 10. The highest BCUT2D eigenvalue weighted by molar-refractivity contribution is 7.90. The van der Waals surface area contributed by atoms with Gasteiger partial charge in [-0.1, -0.05) is 65.0 Å². The Kier molecular flexibility index (Phi) is 20.2. The van der Waals surface area contributed by atoms with Crippen molar-refractivity contribution in [2.24, 2.45) is 17.8 Å². The molecule has 0 spiro atoms. The van der Waals surface area contributed by atoms with Crippen molar-refractivity contribution >= 4 is 39.6 Å². The molecule has 1 unspecified atom stereocenters. The molecule has 0 bridgehead atoms. The van der Waals surface area contributed by atoms with Crippen LogP contribution in [0.15, 0.2) is 30.3 Å². The predicted octanol–water partition coefficient (Wildman–Crippen LogP) is 2.34. The van der Waals surface area contributed by atoms with Crippen molar-refractivity contribution in [3.8, 4) is 0 Å². The zero-order valence-corrected chi connectivity index (χ0v) is 34.4. The summed E-state index contributed by atoms with van der Waals surface area (Å²) in [6.07, 6.45) is -1.36. The Hall–Kier alpha value is -3.76. The van der Waals surface area contributed by atoms with Gasteiger partial charge in [-0.25, -0.2) is 13.2 Å². The zero-order chi connectivity index (χ0) is 41.4. The molecule has 0 aliphatic rings. The Morgan fingerprint density at radius 3 is 1.89 bits per heavy atom. The molecule has 5 amide bonds. The molecule has 0 radical (unpaired) electrons. The van der Waals surface area contributed by atoms with Crippen molar-refractivity contribution < 1.29 is 47.3 Å². The summed E-state index contributed by atoms with van der Waals surface area (Å²) in [5.41, 5.74) is 0.0224. The van der Waals surface area contributed by atoms with Crippen molar-refractivity contribution in [2.45, 2.75) is 143 Å². The van der Waals surface area contributed by atoms with E-state index in [0.29, 0.717) is 6.42 Å². The standard InChI is InChI=1S/C38H65N5O10S/c1-23(2)20-29(30(45)21-25(5)33(46)42-32(26(6)44)35(48)39-22-27-16-12-11-13-17-27)41-34(47)28(18-14-15-19-54(10,51)52)40-36(49)31(24(3)4)43-37(50)53-38(7,8)9/h11-13,16-17,23-26,28-32,44-45H,14-15,18-22H2,1-10H3,(H,39,48)(H,40,49)(H,41,47)(H,42,46)(H,43,50)/t25-,26+,28?,29+,30+,31+,32+/m1/s1. The molecular weight excluding hydrogens is 719 g/mol. The van der Waals surface area contributed by atoms with Crippen LogP contribution in [0.4, 0.5) is 4.79 Å². The monoisotopic (exact) mass is 783 g/mol. The van der Waals surface area contributed by atoms with Gasteiger partial charge in [-0.3, -0.25) is 19.2 Å². The van der Waals surface area contributed by atoms with Crippen molar-refractivity contribution in [1.82, 2.24) is 26.6 Å². The molecule has 1 aromatic carbocycles. The fourth-order valence-corrected chi connectivity index (χ4v) is 6.27. The molecule has 0 heterocycles. The number of amides is 5. The van der Waals surface area contributed by atoms with Gasteiger partial charge in [0.05, 0.1) is 18.2 Å². The summed E-state index contributed by atoms with van der Waals surface area (Å²) in [7, 11) is -3.26. The zero-order valence-electron chi connectivity index (χ0n) is 33.6. The van der Waals surface area contributed by atoms with Crippen molar-refractivity contribution in [3.63, 3.8) is 0 Å². The van der Waals surface area contributed by atoms with Crippen molar-refractivity contribution in [2.75, 3.05) is 12.0 Å². The number of alkyl carbamates (subject to hydrolysis) is 1. The van der Waals surface area contributed by atoms with Crippen LogP contribution in [-0.4, -0.2) is 102 Å².